The Bertz CT molecular complexity index is 376. The molecule has 0 fully saturated rings. The van der Waals surface area contributed by atoms with Crippen LogP contribution in [0.15, 0.2) is 12.1 Å². The van der Waals surface area contributed by atoms with Gasteiger partial charge in [-0.1, -0.05) is 15.9 Å². The average Bonchev–Trinajstić information content (AvgIpc) is 2.23. The van der Waals surface area contributed by atoms with Gasteiger partial charge in [0.1, 0.15) is 17.7 Å². The zero-order valence-electron chi connectivity index (χ0n) is 8.33. The molecule has 3 nitrogen and oxygen atoms in total. The fraction of sp³-hybridized carbons (Fsp3) is 0.400. The van der Waals surface area contributed by atoms with Gasteiger partial charge in [-0.05, 0) is 12.5 Å². The van der Waals surface area contributed by atoms with Crippen molar-refractivity contribution in [2.24, 2.45) is 0 Å². The molecule has 0 saturated carbocycles. The van der Waals surface area contributed by atoms with Gasteiger partial charge < -0.3 is 15.9 Å². The summed E-state index contributed by atoms with van der Waals surface area (Å²) in [6, 6.07) is 1.58. The number of aliphatic hydroxyl groups excluding tert-OH is 2. The molecule has 0 aliphatic rings. The van der Waals surface area contributed by atoms with Crippen LogP contribution in [-0.4, -0.2) is 21.6 Å². The minimum atomic E-state index is -1.47. The molecule has 16 heavy (non-hydrogen) atoms. The van der Waals surface area contributed by atoms with E-state index in [0.717, 1.165) is 12.1 Å². The molecule has 1 rings (SSSR count). The lowest BCUT2D eigenvalue weighted by molar-refractivity contribution is 0.0151. The molecule has 0 aromatic heterocycles. The molecule has 0 aliphatic carbocycles. The Balaban J connectivity index is 2.99. The number of nitrogen functional groups attached to an aromatic ring is 1. The van der Waals surface area contributed by atoms with Crippen LogP contribution >= 0.6 is 15.9 Å². The minimum Gasteiger partial charge on any atom is -0.396 e. The van der Waals surface area contributed by atoms with Crippen LogP contribution in [0.4, 0.5) is 14.5 Å². The number of alkyl halides is 1. The third-order valence-electron chi connectivity index (χ3n) is 2.20. The van der Waals surface area contributed by atoms with Crippen LogP contribution in [0.2, 0.25) is 0 Å². The first-order valence-electron chi connectivity index (χ1n) is 4.64. The van der Waals surface area contributed by atoms with E-state index < -0.39 is 23.8 Å². The highest BCUT2D eigenvalue weighted by molar-refractivity contribution is 9.09. The second kappa shape index (κ2) is 5.56. The van der Waals surface area contributed by atoms with Gasteiger partial charge in [-0.25, -0.2) is 8.78 Å². The molecule has 1 aromatic rings. The van der Waals surface area contributed by atoms with Gasteiger partial charge in [-0.15, -0.1) is 0 Å². The molecule has 0 radical (unpaired) electrons. The topological polar surface area (TPSA) is 66.5 Å². The maximum Gasteiger partial charge on any atom is 0.146 e. The Morgan fingerprint density at radius 1 is 1.25 bits per heavy atom. The van der Waals surface area contributed by atoms with Crippen LogP contribution < -0.4 is 5.73 Å². The number of halogens is 3. The van der Waals surface area contributed by atoms with E-state index in [4.69, 9.17) is 5.73 Å². The average molecular weight is 296 g/mol. The molecule has 2 unspecified atom stereocenters. The molecule has 0 bridgehead atoms. The lowest BCUT2D eigenvalue weighted by Crippen LogP contribution is -2.20. The van der Waals surface area contributed by atoms with Gasteiger partial charge in [-0.3, -0.25) is 0 Å². The number of benzene rings is 1. The number of hydrogen-bond donors (Lipinski definition) is 3. The van der Waals surface area contributed by atoms with E-state index in [9.17, 15) is 19.0 Å². The van der Waals surface area contributed by atoms with Crippen LogP contribution in [0.5, 0.6) is 0 Å². The number of hydrogen-bond acceptors (Lipinski definition) is 3. The third kappa shape index (κ3) is 2.90. The van der Waals surface area contributed by atoms with Gasteiger partial charge in [0, 0.05) is 17.0 Å². The van der Waals surface area contributed by atoms with E-state index in [2.05, 4.69) is 15.9 Å². The molecule has 6 heteroatoms. The molecule has 0 amide bonds. The summed E-state index contributed by atoms with van der Waals surface area (Å²) >= 11 is 3.08. The Hall–Kier alpha value is -0.720. The predicted molar refractivity (Wildman–Crippen MR) is 60.1 cm³/mol. The number of rotatable bonds is 4. The van der Waals surface area contributed by atoms with E-state index in [0.29, 0.717) is 5.33 Å². The number of nitrogens with two attached hydrogens (primary N) is 1. The SMILES string of the molecule is Nc1cc(F)c(C(O)C(O)CCBr)cc1F. The Morgan fingerprint density at radius 3 is 2.44 bits per heavy atom. The maximum atomic E-state index is 13.4. The minimum absolute atomic E-state index is 0.229. The first kappa shape index (κ1) is 13.3. The third-order valence-corrected chi connectivity index (χ3v) is 2.66. The fourth-order valence-electron chi connectivity index (χ4n) is 1.28. The molecular formula is C10H12BrF2NO2. The van der Waals surface area contributed by atoms with E-state index >= 15 is 0 Å². The molecule has 0 saturated heterocycles. The van der Waals surface area contributed by atoms with Gasteiger partial charge in [-0.2, -0.15) is 0 Å². The first-order chi connectivity index (χ1) is 7.47. The summed E-state index contributed by atoms with van der Waals surface area (Å²) in [6.45, 7) is 0. The summed E-state index contributed by atoms with van der Waals surface area (Å²) < 4.78 is 26.4. The Kier molecular flexibility index (Phi) is 4.64. The quantitative estimate of drug-likeness (QED) is 0.585. The molecule has 1 aromatic carbocycles. The van der Waals surface area contributed by atoms with Gasteiger partial charge in [0.2, 0.25) is 0 Å². The van der Waals surface area contributed by atoms with Crippen molar-refractivity contribution in [3.8, 4) is 0 Å². The van der Waals surface area contributed by atoms with Gasteiger partial charge in [0.15, 0.2) is 0 Å². The van der Waals surface area contributed by atoms with Crippen molar-refractivity contribution in [2.45, 2.75) is 18.6 Å². The molecule has 0 aliphatic heterocycles. The largest absolute Gasteiger partial charge is 0.396 e. The monoisotopic (exact) mass is 295 g/mol. The lowest BCUT2D eigenvalue weighted by atomic mass is 10.0. The predicted octanol–water partition coefficient (Wildman–Crippen LogP) is 1.73. The molecule has 90 valence electrons. The molecule has 4 N–H and O–H groups in total. The Morgan fingerprint density at radius 2 is 1.88 bits per heavy atom. The van der Waals surface area contributed by atoms with Crippen molar-refractivity contribution in [1.82, 2.24) is 0 Å². The zero-order chi connectivity index (χ0) is 12.3. The zero-order valence-corrected chi connectivity index (χ0v) is 9.92. The van der Waals surface area contributed by atoms with Crippen LogP contribution in [-0.2, 0) is 0 Å². The molecule has 2 atom stereocenters. The van der Waals surface area contributed by atoms with E-state index in [1.807, 2.05) is 0 Å². The number of anilines is 1. The summed E-state index contributed by atoms with van der Waals surface area (Å²) in [5.74, 6) is -1.65. The van der Waals surface area contributed by atoms with Crippen LogP contribution in [0.3, 0.4) is 0 Å². The van der Waals surface area contributed by atoms with Crippen molar-refractivity contribution in [1.29, 1.82) is 0 Å². The van der Waals surface area contributed by atoms with Crippen molar-refractivity contribution >= 4 is 21.6 Å². The highest BCUT2D eigenvalue weighted by atomic mass is 79.9. The van der Waals surface area contributed by atoms with E-state index in [1.165, 1.54) is 0 Å². The van der Waals surface area contributed by atoms with Crippen molar-refractivity contribution in [2.75, 3.05) is 11.1 Å². The second-order valence-electron chi connectivity index (χ2n) is 3.39. The summed E-state index contributed by atoms with van der Waals surface area (Å²) in [5.41, 5.74) is 4.54. The number of aliphatic hydroxyl groups is 2. The summed E-state index contributed by atoms with van der Waals surface area (Å²) in [7, 11) is 0. The van der Waals surface area contributed by atoms with Crippen molar-refractivity contribution in [3.05, 3.63) is 29.3 Å². The maximum absolute atomic E-state index is 13.4. The molecule has 0 spiro atoms. The van der Waals surface area contributed by atoms with Crippen LogP contribution in [0, 0.1) is 11.6 Å². The van der Waals surface area contributed by atoms with Crippen LogP contribution in [0.25, 0.3) is 0 Å². The Labute approximate surface area is 100 Å². The highest BCUT2D eigenvalue weighted by Gasteiger charge is 2.22. The lowest BCUT2D eigenvalue weighted by Gasteiger charge is -2.18. The summed E-state index contributed by atoms with van der Waals surface area (Å²) in [5, 5.41) is 19.5. The van der Waals surface area contributed by atoms with E-state index in [-0.39, 0.29) is 17.7 Å². The summed E-state index contributed by atoms with van der Waals surface area (Å²) in [4.78, 5) is 0. The van der Waals surface area contributed by atoms with Gasteiger partial charge >= 0.3 is 0 Å². The van der Waals surface area contributed by atoms with Gasteiger partial charge in [0.25, 0.3) is 0 Å². The summed E-state index contributed by atoms with van der Waals surface area (Å²) in [6.07, 6.45) is -2.39. The van der Waals surface area contributed by atoms with Crippen molar-refractivity contribution < 1.29 is 19.0 Å². The van der Waals surface area contributed by atoms with Crippen molar-refractivity contribution in [3.63, 3.8) is 0 Å². The normalized spacial score (nSPS) is 14.8. The molecular weight excluding hydrogens is 284 g/mol. The van der Waals surface area contributed by atoms with Crippen LogP contribution in [0.1, 0.15) is 18.1 Å². The first-order valence-corrected chi connectivity index (χ1v) is 5.76. The van der Waals surface area contributed by atoms with E-state index in [1.54, 1.807) is 0 Å². The smallest absolute Gasteiger partial charge is 0.146 e. The fourth-order valence-corrected chi connectivity index (χ4v) is 1.75. The highest BCUT2D eigenvalue weighted by Crippen LogP contribution is 2.25. The second-order valence-corrected chi connectivity index (χ2v) is 4.18. The standard InChI is InChI=1S/C10H12BrF2NO2/c11-2-1-9(15)10(16)5-3-7(13)8(14)4-6(5)12/h3-4,9-10,15-16H,1-2,14H2. The van der Waals surface area contributed by atoms with Gasteiger partial charge in [0.05, 0.1) is 11.8 Å². The molecule has 0 heterocycles.